The van der Waals surface area contributed by atoms with Gasteiger partial charge in [-0.3, -0.25) is 9.59 Å². The van der Waals surface area contributed by atoms with E-state index < -0.39 is 0 Å². The van der Waals surface area contributed by atoms with Crippen molar-refractivity contribution >= 4 is 28.8 Å². The van der Waals surface area contributed by atoms with Crippen molar-refractivity contribution in [1.82, 2.24) is 4.90 Å². The highest BCUT2D eigenvalue weighted by molar-refractivity contribution is 7.12. The first kappa shape index (κ1) is 15.7. The SMILES string of the molecule is Cc1ccc(NC(=O)[C@@H]2CCCCN2C(=O)c2cccs2)cc1. The highest BCUT2D eigenvalue weighted by Crippen LogP contribution is 2.23. The van der Waals surface area contributed by atoms with E-state index in [1.807, 2.05) is 48.7 Å². The zero-order chi connectivity index (χ0) is 16.2. The maximum atomic E-state index is 12.6. The first-order chi connectivity index (χ1) is 11.1. The Bertz CT molecular complexity index is 680. The Hall–Kier alpha value is -2.14. The summed E-state index contributed by atoms with van der Waals surface area (Å²) in [5.74, 6) is -0.137. The van der Waals surface area contributed by atoms with Crippen molar-refractivity contribution in [3.8, 4) is 0 Å². The summed E-state index contributed by atoms with van der Waals surface area (Å²) in [5.41, 5.74) is 1.92. The smallest absolute Gasteiger partial charge is 0.264 e. The van der Waals surface area contributed by atoms with Crippen molar-refractivity contribution < 1.29 is 9.59 Å². The average molecular weight is 328 g/mol. The molecule has 1 aliphatic heterocycles. The molecule has 1 fully saturated rings. The molecule has 2 heterocycles. The molecule has 0 spiro atoms. The van der Waals surface area contributed by atoms with Crippen LogP contribution < -0.4 is 5.32 Å². The van der Waals surface area contributed by atoms with E-state index in [1.165, 1.54) is 11.3 Å². The molecule has 0 saturated carbocycles. The number of anilines is 1. The minimum atomic E-state index is -0.389. The lowest BCUT2D eigenvalue weighted by molar-refractivity contribution is -0.121. The molecule has 2 amide bonds. The van der Waals surface area contributed by atoms with E-state index >= 15 is 0 Å². The van der Waals surface area contributed by atoms with E-state index in [4.69, 9.17) is 0 Å². The van der Waals surface area contributed by atoms with Crippen LogP contribution in [0.3, 0.4) is 0 Å². The number of rotatable bonds is 3. The molecule has 4 nitrogen and oxygen atoms in total. The van der Waals surface area contributed by atoms with Crippen LogP contribution in [0.2, 0.25) is 0 Å². The summed E-state index contributed by atoms with van der Waals surface area (Å²) >= 11 is 1.42. The van der Waals surface area contributed by atoms with Gasteiger partial charge in [-0.05, 0) is 49.8 Å². The van der Waals surface area contributed by atoms with Gasteiger partial charge in [0.05, 0.1) is 4.88 Å². The number of piperidine rings is 1. The fourth-order valence-corrected chi connectivity index (χ4v) is 3.53. The van der Waals surface area contributed by atoms with Gasteiger partial charge in [-0.2, -0.15) is 0 Å². The van der Waals surface area contributed by atoms with Crippen LogP contribution >= 0.6 is 11.3 Å². The minimum absolute atomic E-state index is 0.0382. The number of amides is 2. The lowest BCUT2D eigenvalue weighted by Gasteiger charge is -2.34. The number of carbonyl (C=O) groups excluding carboxylic acids is 2. The number of hydrogen-bond acceptors (Lipinski definition) is 3. The molecule has 1 saturated heterocycles. The summed E-state index contributed by atoms with van der Waals surface area (Å²) in [6, 6.07) is 11.0. The Kier molecular flexibility index (Phi) is 4.76. The highest BCUT2D eigenvalue weighted by atomic mass is 32.1. The molecule has 120 valence electrons. The Labute approximate surface area is 140 Å². The number of nitrogens with one attached hydrogen (secondary N) is 1. The molecular formula is C18H20N2O2S. The molecule has 3 rings (SSSR count). The molecular weight excluding hydrogens is 308 g/mol. The van der Waals surface area contributed by atoms with Crippen molar-refractivity contribution in [3.63, 3.8) is 0 Å². The second kappa shape index (κ2) is 6.96. The molecule has 23 heavy (non-hydrogen) atoms. The number of thiophene rings is 1. The highest BCUT2D eigenvalue weighted by Gasteiger charge is 2.32. The summed E-state index contributed by atoms with van der Waals surface area (Å²) in [6.07, 6.45) is 2.64. The van der Waals surface area contributed by atoms with Gasteiger partial charge in [0, 0.05) is 12.2 Å². The third-order valence-corrected chi connectivity index (χ3v) is 4.98. The number of likely N-dealkylation sites (tertiary alicyclic amines) is 1. The Morgan fingerprint density at radius 1 is 1.17 bits per heavy atom. The molecule has 1 atom stereocenters. The van der Waals surface area contributed by atoms with E-state index in [1.54, 1.807) is 4.90 Å². The predicted molar refractivity (Wildman–Crippen MR) is 92.8 cm³/mol. The topological polar surface area (TPSA) is 49.4 Å². The molecule has 0 radical (unpaired) electrons. The zero-order valence-corrected chi connectivity index (χ0v) is 13.9. The van der Waals surface area contributed by atoms with Crippen LogP contribution in [-0.4, -0.2) is 29.3 Å². The normalized spacial score (nSPS) is 17.8. The van der Waals surface area contributed by atoms with Crippen molar-refractivity contribution in [2.24, 2.45) is 0 Å². The van der Waals surface area contributed by atoms with Gasteiger partial charge in [0.2, 0.25) is 5.91 Å². The quantitative estimate of drug-likeness (QED) is 0.934. The van der Waals surface area contributed by atoms with Gasteiger partial charge in [-0.15, -0.1) is 11.3 Å². The van der Waals surface area contributed by atoms with Crippen LogP contribution in [0.25, 0.3) is 0 Å². The average Bonchev–Trinajstić information content (AvgIpc) is 3.11. The maximum Gasteiger partial charge on any atom is 0.264 e. The first-order valence-electron chi connectivity index (χ1n) is 7.87. The molecule has 1 aromatic heterocycles. The standard InChI is InChI=1S/C18H20N2O2S/c1-13-7-9-14(10-8-13)19-17(21)15-5-2-3-11-20(15)18(22)16-6-4-12-23-16/h4,6-10,12,15H,2-3,5,11H2,1H3,(H,19,21)/t15-/m0/s1. The monoisotopic (exact) mass is 328 g/mol. The van der Waals surface area contributed by atoms with E-state index in [-0.39, 0.29) is 17.9 Å². The molecule has 5 heteroatoms. The Balaban J connectivity index is 1.74. The number of benzene rings is 1. The van der Waals surface area contributed by atoms with Gasteiger partial charge in [-0.25, -0.2) is 0 Å². The number of carbonyl (C=O) groups is 2. The molecule has 1 N–H and O–H groups in total. The Morgan fingerprint density at radius 3 is 2.65 bits per heavy atom. The van der Waals surface area contributed by atoms with Crippen LogP contribution in [0.4, 0.5) is 5.69 Å². The van der Waals surface area contributed by atoms with E-state index in [0.717, 1.165) is 30.5 Å². The largest absolute Gasteiger partial charge is 0.326 e. The summed E-state index contributed by atoms with van der Waals surface area (Å²) in [7, 11) is 0. The second-order valence-electron chi connectivity index (χ2n) is 5.84. The van der Waals surface area contributed by atoms with Crippen molar-refractivity contribution in [1.29, 1.82) is 0 Å². The van der Waals surface area contributed by atoms with Crippen LogP contribution in [0, 0.1) is 6.92 Å². The van der Waals surface area contributed by atoms with Gasteiger partial charge in [0.25, 0.3) is 5.91 Å². The van der Waals surface area contributed by atoms with Gasteiger partial charge in [-0.1, -0.05) is 23.8 Å². The summed E-state index contributed by atoms with van der Waals surface area (Å²) < 4.78 is 0. The molecule has 0 aliphatic carbocycles. The predicted octanol–water partition coefficient (Wildman–Crippen LogP) is 3.69. The number of hydrogen-bond donors (Lipinski definition) is 1. The number of aryl methyl sites for hydroxylation is 1. The summed E-state index contributed by atoms with van der Waals surface area (Å²) in [6.45, 7) is 2.65. The lowest BCUT2D eigenvalue weighted by atomic mass is 10.0. The van der Waals surface area contributed by atoms with Crippen LogP contribution in [0.5, 0.6) is 0 Å². The van der Waals surface area contributed by atoms with Crippen molar-refractivity contribution in [3.05, 3.63) is 52.2 Å². The van der Waals surface area contributed by atoms with Crippen LogP contribution in [0.15, 0.2) is 41.8 Å². The molecule has 1 aliphatic rings. The maximum absolute atomic E-state index is 12.6. The summed E-state index contributed by atoms with van der Waals surface area (Å²) in [5, 5.41) is 4.83. The third-order valence-electron chi connectivity index (χ3n) is 4.12. The molecule has 2 aromatic rings. The number of nitrogens with zero attached hydrogens (tertiary/aromatic N) is 1. The van der Waals surface area contributed by atoms with Gasteiger partial charge in [0.1, 0.15) is 6.04 Å². The molecule has 0 unspecified atom stereocenters. The summed E-state index contributed by atoms with van der Waals surface area (Å²) in [4.78, 5) is 27.7. The zero-order valence-electron chi connectivity index (χ0n) is 13.1. The second-order valence-corrected chi connectivity index (χ2v) is 6.79. The first-order valence-corrected chi connectivity index (χ1v) is 8.75. The van der Waals surface area contributed by atoms with E-state index in [9.17, 15) is 9.59 Å². The molecule has 0 bridgehead atoms. The third kappa shape index (κ3) is 3.62. The van der Waals surface area contributed by atoms with E-state index in [2.05, 4.69) is 5.32 Å². The molecule has 1 aromatic carbocycles. The fourth-order valence-electron chi connectivity index (χ4n) is 2.85. The van der Waals surface area contributed by atoms with Crippen LogP contribution in [0.1, 0.15) is 34.5 Å². The minimum Gasteiger partial charge on any atom is -0.326 e. The van der Waals surface area contributed by atoms with Gasteiger partial charge < -0.3 is 10.2 Å². The fraction of sp³-hybridized carbons (Fsp3) is 0.333. The van der Waals surface area contributed by atoms with Crippen molar-refractivity contribution in [2.45, 2.75) is 32.2 Å². The van der Waals surface area contributed by atoms with Gasteiger partial charge in [0.15, 0.2) is 0 Å². The Morgan fingerprint density at radius 2 is 1.96 bits per heavy atom. The van der Waals surface area contributed by atoms with Crippen LogP contribution in [-0.2, 0) is 4.79 Å². The van der Waals surface area contributed by atoms with Crippen molar-refractivity contribution in [2.75, 3.05) is 11.9 Å². The van der Waals surface area contributed by atoms with E-state index in [0.29, 0.717) is 11.4 Å². The van der Waals surface area contributed by atoms with Gasteiger partial charge >= 0.3 is 0 Å². The lowest BCUT2D eigenvalue weighted by Crippen LogP contribution is -2.49.